The number of halogens is 1. The minimum absolute atomic E-state index is 0.161. The van der Waals surface area contributed by atoms with Crippen molar-refractivity contribution >= 4 is 27.7 Å². The van der Waals surface area contributed by atoms with Crippen LogP contribution in [0.5, 0.6) is 11.5 Å². The van der Waals surface area contributed by atoms with Crippen molar-refractivity contribution < 1.29 is 9.47 Å². The number of hydrogen-bond donors (Lipinski definition) is 1. The first-order chi connectivity index (χ1) is 10.7. The second-order valence-electron chi connectivity index (χ2n) is 4.84. The number of fused-ring (bicyclic) bond motifs is 1. The summed E-state index contributed by atoms with van der Waals surface area (Å²) in [4.78, 5) is 11.7. The number of aromatic nitrogens is 3. The predicted octanol–water partition coefficient (Wildman–Crippen LogP) is 2.81. The van der Waals surface area contributed by atoms with Crippen molar-refractivity contribution in [3.63, 3.8) is 0 Å². The van der Waals surface area contributed by atoms with Crippen LogP contribution in [0.3, 0.4) is 0 Å². The molecule has 1 N–H and O–H groups in total. The van der Waals surface area contributed by atoms with Gasteiger partial charge in [0.05, 0.1) is 0 Å². The van der Waals surface area contributed by atoms with Crippen molar-refractivity contribution in [1.82, 2.24) is 14.8 Å². The van der Waals surface area contributed by atoms with Gasteiger partial charge >= 0.3 is 5.69 Å². The Morgan fingerprint density at radius 1 is 1.36 bits per heavy atom. The highest BCUT2D eigenvalue weighted by Crippen LogP contribution is 2.37. The monoisotopic (exact) mass is 385 g/mol. The van der Waals surface area contributed by atoms with Crippen molar-refractivity contribution in [3.05, 3.63) is 32.7 Å². The molecule has 1 aromatic heterocycles. The van der Waals surface area contributed by atoms with Crippen molar-refractivity contribution in [3.8, 4) is 11.5 Å². The second kappa shape index (κ2) is 6.78. The summed E-state index contributed by atoms with van der Waals surface area (Å²) in [5.41, 5.74) is 0.915. The van der Waals surface area contributed by atoms with Crippen molar-refractivity contribution in [1.29, 1.82) is 0 Å². The van der Waals surface area contributed by atoms with Crippen molar-refractivity contribution in [2.24, 2.45) is 0 Å². The summed E-state index contributed by atoms with van der Waals surface area (Å²) in [6.45, 7) is 3.84. The second-order valence-corrected chi connectivity index (χ2v) is 6.64. The van der Waals surface area contributed by atoms with Gasteiger partial charge in [-0.3, -0.25) is 4.57 Å². The molecule has 0 aliphatic carbocycles. The molecule has 0 fully saturated rings. The summed E-state index contributed by atoms with van der Waals surface area (Å²) in [5, 5.41) is 7.29. The number of H-pyrrole nitrogens is 1. The lowest BCUT2D eigenvalue weighted by Gasteiger charge is -2.19. The quantitative estimate of drug-likeness (QED) is 0.801. The van der Waals surface area contributed by atoms with Crippen LogP contribution in [-0.4, -0.2) is 28.0 Å². The zero-order chi connectivity index (χ0) is 15.5. The summed E-state index contributed by atoms with van der Waals surface area (Å²) < 4.78 is 13.8. The topological polar surface area (TPSA) is 69.1 Å². The number of aromatic amines is 1. The van der Waals surface area contributed by atoms with Crippen LogP contribution < -0.4 is 15.2 Å². The van der Waals surface area contributed by atoms with Gasteiger partial charge in [-0.1, -0.05) is 34.6 Å². The van der Waals surface area contributed by atoms with Gasteiger partial charge in [0.2, 0.25) is 0 Å². The van der Waals surface area contributed by atoms with Crippen LogP contribution in [0.2, 0.25) is 0 Å². The van der Waals surface area contributed by atoms with E-state index in [9.17, 15) is 4.79 Å². The van der Waals surface area contributed by atoms with E-state index in [4.69, 9.17) is 9.47 Å². The average Bonchev–Trinajstić information content (AvgIpc) is 2.86. The Morgan fingerprint density at radius 2 is 2.09 bits per heavy atom. The lowest BCUT2D eigenvalue weighted by molar-refractivity contribution is 0.171. The zero-order valence-corrected chi connectivity index (χ0v) is 14.5. The molecular formula is C14H16BrN3O3S. The Kier molecular flexibility index (Phi) is 4.77. The third-order valence-corrected chi connectivity index (χ3v) is 5.00. The lowest BCUT2D eigenvalue weighted by Crippen LogP contribution is -2.17. The zero-order valence-electron chi connectivity index (χ0n) is 12.1. The Morgan fingerprint density at radius 3 is 2.82 bits per heavy atom. The molecule has 22 heavy (non-hydrogen) atoms. The summed E-state index contributed by atoms with van der Waals surface area (Å²) in [7, 11) is 0. The normalized spacial score (nSPS) is 13.4. The first-order valence-corrected chi connectivity index (χ1v) is 8.83. The minimum atomic E-state index is -0.161. The molecular weight excluding hydrogens is 370 g/mol. The van der Waals surface area contributed by atoms with Crippen LogP contribution in [0.4, 0.5) is 0 Å². The Balaban J connectivity index is 1.78. The minimum Gasteiger partial charge on any atom is -0.486 e. The average molecular weight is 386 g/mol. The van der Waals surface area contributed by atoms with E-state index in [1.807, 2.05) is 19.1 Å². The smallest absolute Gasteiger partial charge is 0.343 e. The van der Waals surface area contributed by atoms with Gasteiger partial charge in [0.25, 0.3) is 0 Å². The van der Waals surface area contributed by atoms with E-state index in [0.29, 0.717) is 30.7 Å². The highest BCUT2D eigenvalue weighted by molar-refractivity contribution is 9.10. The maximum Gasteiger partial charge on any atom is 0.343 e. The van der Waals surface area contributed by atoms with Crippen LogP contribution in [0.15, 0.2) is 26.6 Å². The maximum atomic E-state index is 11.7. The number of thioether (sulfide) groups is 1. The molecule has 0 saturated carbocycles. The van der Waals surface area contributed by atoms with Crippen LogP contribution in [0.1, 0.15) is 18.9 Å². The molecule has 0 unspecified atom stereocenters. The largest absolute Gasteiger partial charge is 0.486 e. The maximum absolute atomic E-state index is 11.7. The molecule has 8 heteroatoms. The van der Waals surface area contributed by atoms with Crippen LogP contribution in [-0.2, 0) is 12.3 Å². The van der Waals surface area contributed by atoms with Gasteiger partial charge in [-0.2, -0.15) is 0 Å². The molecule has 1 aromatic carbocycles. The number of rotatable bonds is 5. The SMILES string of the molecule is CCCn1c(SCc2cc3c(cc2Br)OCCO3)n[nH]c1=O. The van der Waals surface area contributed by atoms with Crippen molar-refractivity contribution in [2.75, 3.05) is 13.2 Å². The standard InChI is InChI=1S/C14H16BrN3O3S/c1-2-3-18-13(19)16-17-14(18)22-8-9-6-11-12(7-10(9)15)21-5-4-20-11/h6-7H,2-5,8H2,1H3,(H,16,19). The molecule has 0 spiro atoms. The van der Waals surface area contributed by atoms with Gasteiger partial charge in [-0.25, -0.2) is 9.89 Å². The van der Waals surface area contributed by atoms with E-state index in [1.165, 1.54) is 11.8 Å². The summed E-state index contributed by atoms with van der Waals surface area (Å²) >= 11 is 5.08. The van der Waals surface area contributed by atoms with Gasteiger partial charge < -0.3 is 9.47 Å². The molecule has 1 aliphatic rings. The van der Waals surface area contributed by atoms with Crippen molar-refractivity contribution in [2.45, 2.75) is 30.8 Å². The molecule has 2 aromatic rings. The summed E-state index contributed by atoms with van der Waals surface area (Å²) in [5.74, 6) is 2.21. The van der Waals surface area contributed by atoms with E-state index >= 15 is 0 Å². The van der Waals surface area contributed by atoms with Crippen LogP contribution >= 0.6 is 27.7 Å². The Bertz CT molecular complexity index is 729. The van der Waals surface area contributed by atoms with E-state index < -0.39 is 0 Å². The van der Waals surface area contributed by atoms with E-state index in [-0.39, 0.29) is 5.69 Å². The van der Waals surface area contributed by atoms with Gasteiger partial charge in [0.1, 0.15) is 13.2 Å². The predicted molar refractivity (Wildman–Crippen MR) is 87.8 cm³/mol. The fourth-order valence-electron chi connectivity index (χ4n) is 2.19. The van der Waals surface area contributed by atoms with E-state index in [1.54, 1.807) is 4.57 Å². The molecule has 2 heterocycles. The highest BCUT2D eigenvalue weighted by atomic mass is 79.9. The molecule has 0 amide bonds. The number of nitrogens with zero attached hydrogens (tertiary/aromatic N) is 2. The lowest BCUT2D eigenvalue weighted by atomic mass is 10.2. The Labute approximate surface area is 140 Å². The molecule has 0 bridgehead atoms. The molecule has 0 atom stereocenters. The summed E-state index contributed by atoms with van der Waals surface area (Å²) in [6, 6.07) is 3.90. The number of nitrogens with one attached hydrogen (secondary N) is 1. The van der Waals surface area contributed by atoms with Crippen LogP contribution in [0, 0.1) is 0 Å². The molecule has 1 aliphatic heterocycles. The molecule has 6 nitrogen and oxygen atoms in total. The van der Waals surface area contributed by atoms with Gasteiger partial charge in [-0.15, -0.1) is 5.10 Å². The fourth-order valence-corrected chi connectivity index (χ4v) is 3.81. The van der Waals surface area contributed by atoms with Crippen LogP contribution in [0.25, 0.3) is 0 Å². The number of benzene rings is 1. The molecule has 118 valence electrons. The summed E-state index contributed by atoms with van der Waals surface area (Å²) in [6.07, 6.45) is 0.890. The van der Waals surface area contributed by atoms with E-state index in [2.05, 4.69) is 26.1 Å². The first-order valence-electron chi connectivity index (χ1n) is 7.05. The molecule has 0 saturated heterocycles. The van der Waals surface area contributed by atoms with Gasteiger partial charge in [0, 0.05) is 16.8 Å². The molecule has 0 radical (unpaired) electrons. The fraction of sp³-hybridized carbons (Fsp3) is 0.429. The first kappa shape index (κ1) is 15.5. The van der Waals surface area contributed by atoms with E-state index in [0.717, 1.165) is 28.0 Å². The highest BCUT2D eigenvalue weighted by Gasteiger charge is 2.16. The third-order valence-electron chi connectivity index (χ3n) is 3.24. The van der Waals surface area contributed by atoms with Gasteiger partial charge in [0.15, 0.2) is 16.7 Å². The third kappa shape index (κ3) is 3.17. The Hall–Kier alpha value is -1.41. The molecule has 3 rings (SSSR count). The number of ether oxygens (including phenoxy) is 2. The van der Waals surface area contributed by atoms with Gasteiger partial charge in [-0.05, 0) is 24.1 Å². The number of hydrogen-bond acceptors (Lipinski definition) is 5.